The van der Waals surface area contributed by atoms with Crippen molar-refractivity contribution < 1.29 is 24.2 Å². The van der Waals surface area contributed by atoms with Gasteiger partial charge in [-0.15, -0.1) is 11.8 Å². The lowest BCUT2D eigenvalue weighted by atomic mass is 9.71. The Labute approximate surface area is 178 Å². The number of hydrogen-bond donors (Lipinski definition) is 2. The molecule has 3 saturated heterocycles. The van der Waals surface area contributed by atoms with Crippen LogP contribution < -0.4 is 5.32 Å². The van der Waals surface area contributed by atoms with Crippen LogP contribution in [0.1, 0.15) is 40.5 Å². The number of halogens is 1. The maximum atomic E-state index is 13.4. The van der Waals surface area contributed by atoms with Gasteiger partial charge in [0, 0.05) is 28.8 Å². The fourth-order valence-electron chi connectivity index (χ4n) is 4.86. The van der Waals surface area contributed by atoms with Crippen molar-refractivity contribution in [2.24, 2.45) is 11.8 Å². The van der Waals surface area contributed by atoms with Gasteiger partial charge < -0.3 is 20.1 Å². The number of carbonyl (C=O) groups excluding carboxylic acids is 3. The van der Waals surface area contributed by atoms with Crippen molar-refractivity contribution in [1.29, 1.82) is 0 Å². The van der Waals surface area contributed by atoms with E-state index < -0.39 is 28.2 Å². The molecule has 3 aliphatic rings. The number of thioether (sulfide) groups is 1. The summed E-state index contributed by atoms with van der Waals surface area (Å²) in [5.41, 5.74) is -0.437. The van der Waals surface area contributed by atoms with E-state index in [1.54, 1.807) is 23.6 Å². The second-order valence-corrected chi connectivity index (χ2v) is 11.5. The van der Waals surface area contributed by atoms with Crippen molar-refractivity contribution >= 4 is 45.5 Å². The Balaban J connectivity index is 2.01. The summed E-state index contributed by atoms with van der Waals surface area (Å²) in [6.45, 7) is 7.96. The molecule has 28 heavy (non-hydrogen) atoms. The molecule has 158 valence electrons. The first-order valence-electron chi connectivity index (χ1n) is 9.79. The van der Waals surface area contributed by atoms with E-state index >= 15 is 0 Å². The predicted octanol–water partition coefficient (Wildman–Crippen LogP) is 1.31. The lowest BCUT2D eigenvalue weighted by Gasteiger charge is -2.36. The summed E-state index contributed by atoms with van der Waals surface area (Å²) in [6, 6.07) is -0.662. The zero-order chi connectivity index (χ0) is 20.9. The summed E-state index contributed by atoms with van der Waals surface area (Å²) in [4.78, 5) is 41.1. The first kappa shape index (κ1) is 21.9. The van der Waals surface area contributed by atoms with Gasteiger partial charge in [-0.05, 0) is 40.5 Å². The summed E-state index contributed by atoms with van der Waals surface area (Å²) >= 11 is 5.28. The van der Waals surface area contributed by atoms with Gasteiger partial charge >= 0.3 is 5.97 Å². The van der Waals surface area contributed by atoms with Gasteiger partial charge in [0.15, 0.2) is 0 Å². The van der Waals surface area contributed by atoms with Crippen LogP contribution in [0.15, 0.2) is 0 Å². The predicted molar refractivity (Wildman–Crippen MR) is 110 cm³/mol. The van der Waals surface area contributed by atoms with E-state index in [9.17, 15) is 19.5 Å². The molecule has 3 fully saturated rings. The van der Waals surface area contributed by atoms with Gasteiger partial charge in [0.25, 0.3) is 0 Å². The summed E-state index contributed by atoms with van der Waals surface area (Å²) in [6.07, 6.45) is 1.04. The average Bonchev–Trinajstić information content (AvgIpc) is 3.15. The van der Waals surface area contributed by atoms with Crippen LogP contribution in [-0.2, 0) is 19.1 Å². The molecule has 3 rings (SSSR count). The van der Waals surface area contributed by atoms with Gasteiger partial charge in [-0.2, -0.15) is 0 Å². The molecule has 3 heterocycles. The van der Waals surface area contributed by atoms with Gasteiger partial charge in [-0.1, -0.05) is 15.9 Å². The van der Waals surface area contributed by atoms with Gasteiger partial charge in [0.05, 0.1) is 23.2 Å². The largest absolute Gasteiger partial charge is 0.466 e. The molecule has 2 amide bonds. The van der Waals surface area contributed by atoms with Crippen LogP contribution >= 0.6 is 27.7 Å². The molecule has 0 aliphatic carbocycles. The van der Waals surface area contributed by atoms with E-state index in [1.807, 2.05) is 20.8 Å². The van der Waals surface area contributed by atoms with E-state index in [4.69, 9.17) is 4.74 Å². The van der Waals surface area contributed by atoms with E-state index in [1.165, 1.54) is 0 Å². The third-order valence-corrected chi connectivity index (χ3v) is 8.87. The normalized spacial score (nSPS) is 36.6. The number of ether oxygens (including phenoxy) is 1. The Kier molecular flexibility index (Phi) is 6.10. The Bertz CT molecular complexity index is 669. The highest BCUT2D eigenvalue weighted by Gasteiger charge is 2.75. The molecular formula is C19H29BrN2O5S. The molecule has 3 aliphatic heterocycles. The molecule has 0 aromatic heterocycles. The number of aliphatic hydroxyl groups excluding tert-OH is 1. The third-order valence-electron chi connectivity index (χ3n) is 5.65. The molecule has 0 saturated carbocycles. The molecule has 1 spiro atoms. The number of carbonyl (C=O) groups is 3. The average molecular weight is 477 g/mol. The van der Waals surface area contributed by atoms with Gasteiger partial charge in [0.2, 0.25) is 11.8 Å². The number of fused-ring (bicyclic) bond motifs is 1. The second-order valence-electron chi connectivity index (χ2n) is 8.76. The lowest BCUT2D eigenvalue weighted by Crippen LogP contribution is -2.57. The monoisotopic (exact) mass is 476 g/mol. The Morgan fingerprint density at radius 1 is 1.43 bits per heavy atom. The summed E-state index contributed by atoms with van der Waals surface area (Å²) in [5.74, 6) is -1.85. The smallest absolute Gasteiger partial charge is 0.310 e. The number of amides is 2. The van der Waals surface area contributed by atoms with E-state index in [2.05, 4.69) is 21.2 Å². The molecule has 2 N–H and O–H groups in total. The maximum Gasteiger partial charge on any atom is 0.310 e. The van der Waals surface area contributed by atoms with Gasteiger partial charge in [0.1, 0.15) is 6.04 Å². The number of rotatable bonds is 6. The molecule has 2 bridgehead atoms. The fourth-order valence-corrected chi connectivity index (χ4v) is 8.46. The molecule has 9 heteroatoms. The summed E-state index contributed by atoms with van der Waals surface area (Å²) in [7, 11) is 0. The molecular weight excluding hydrogens is 448 g/mol. The maximum absolute atomic E-state index is 13.4. The number of esters is 1. The van der Waals surface area contributed by atoms with Crippen LogP contribution in [0.2, 0.25) is 0 Å². The number of hydrogen-bond acceptors (Lipinski definition) is 6. The molecule has 0 aromatic rings. The zero-order valence-electron chi connectivity index (χ0n) is 16.7. The number of nitrogens with zero attached hydrogens (tertiary/aromatic N) is 1. The number of likely N-dealkylation sites (tertiary alicyclic amines) is 1. The first-order chi connectivity index (χ1) is 13.1. The van der Waals surface area contributed by atoms with Crippen molar-refractivity contribution in [2.75, 3.05) is 19.8 Å². The molecule has 6 atom stereocenters. The van der Waals surface area contributed by atoms with Crippen molar-refractivity contribution in [3.8, 4) is 0 Å². The minimum absolute atomic E-state index is 0.0404. The van der Waals surface area contributed by atoms with Crippen molar-refractivity contribution in [3.05, 3.63) is 0 Å². The number of aliphatic hydroxyl groups is 1. The minimum atomic E-state index is -0.662. The second kappa shape index (κ2) is 7.80. The SMILES string of the molecule is CCOC(=O)[C@H]1[C@@H]2SC3(CC2Br)C(C(=O)NC(C)(C)C)N(CCCO)C(=O)[C@H]13. The van der Waals surface area contributed by atoms with Crippen LogP contribution in [-0.4, -0.2) is 74.0 Å². The van der Waals surface area contributed by atoms with Crippen LogP contribution in [0.4, 0.5) is 0 Å². The van der Waals surface area contributed by atoms with Crippen LogP contribution in [0, 0.1) is 11.8 Å². The number of nitrogens with one attached hydrogen (secondary N) is 1. The molecule has 3 unspecified atom stereocenters. The van der Waals surface area contributed by atoms with Crippen molar-refractivity contribution in [3.63, 3.8) is 0 Å². The molecule has 0 aromatic carbocycles. The van der Waals surface area contributed by atoms with E-state index in [0.717, 1.165) is 0 Å². The first-order valence-corrected chi connectivity index (χ1v) is 11.6. The Hall–Kier alpha value is -0.800. The minimum Gasteiger partial charge on any atom is -0.466 e. The van der Waals surface area contributed by atoms with Crippen molar-refractivity contribution in [1.82, 2.24) is 10.2 Å². The van der Waals surface area contributed by atoms with E-state index in [-0.39, 0.29) is 41.1 Å². The summed E-state index contributed by atoms with van der Waals surface area (Å²) < 4.78 is 4.63. The van der Waals surface area contributed by atoms with Crippen LogP contribution in [0.3, 0.4) is 0 Å². The zero-order valence-corrected chi connectivity index (χ0v) is 19.1. The third kappa shape index (κ3) is 3.47. The molecule has 7 nitrogen and oxygen atoms in total. The Morgan fingerprint density at radius 3 is 2.68 bits per heavy atom. The van der Waals surface area contributed by atoms with Crippen LogP contribution in [0.5, 0.6) is 0 Å². The topological polar surface area (TPSA) is 95.9 Å². The Morgan fingerprint density at radius 2 is 2.11 bits per heavy atom. The fraction of sp³-hybridized carbons (Fsp3) is 0.842. The van der Waals surface area contributed by atoms with Gasteiger partial charge in [-0.3, -0.25) is 14.4 Å². The van der Waals surface area contributed by atoms with Gasteiger partial charge in [-0.25, -0.2) is 0 Å². The van der Waals surface area contributed by atoms with E-state index in [0.29, 0.717) is 19.4 Å². The molecule has 0 radical (unpaired) electrons. The quantitative estimate of drug-likeness (QED) is 0.443. The van der Waals surface area contributed by atoms with Crippen molar-refractivity contribution in [2.45, 2.75) is 66.9 Å². The standard InChI is InChI=1S/C19H29BrN2O5S/c1-5-27-17(26)11-12-16(25)22(7-6-8-23)14(15(24)21-18(2,3)4)19(12)9-10(20)13(11)28-19/h10-14,23H,5-9H2,1-4H3,(H,21,24)/t10?,11-,12+,13-,14?,19?/m1/s1. The number of alkyl halides is 1. The summed E-state index contributed by atoms with van der Waals surface area (Å²) in [5, 5.41) is 12.2. The highest BCUT2D eigenvalue weighted by Crippen LogP contribution is 2.67. The highest BCUT2D eigenvalue weighted by molar-refractivity contribution is 9.09. The van der Waals surface area contributed by atoms with Crippen LogP contribution in [0.25, 0.3) is 0 Å². The lowest BCUT2D eigenvalue weighted by molar-refractivity contribution is -0.153. The highest BCUT2D eigenvalue weighted by atomic mass is 79.9.